The smallest absolute Gasteiger partial charge is 0.266 e. The molecule has 3 aromatic carbocycles. The Morgan fingerprint density at radius 1 is 1.00 bits per heavy atom. The molecule has 0 heterocycles. The van der Waals surface area contributed by atoms with Crippen LogP contribution in [0.4, 0.5) is 5.69 Å². The third kappa shape index (κ3) is 6.87. The van der Waals surface area contributed by atoms with Gasteiger partial charge in [0.25, 0.3) is 5.91 Å². The van der Waals surface area contributed by atoms with E-state index in [-0.39, 0.29) is 5.57 Å². The van der Waals surface area contributed by atoms with E-state index < -0.39 is 5.91 Å². The molecular formula is C28H26ClIN2O5. The van der Waals surface area contributed by atoms with Crippen LogP contribution in [-0.2, 0) is 11.4 Å². The van der Waals surface area contributed by atoms with Crippen molar-refractivity contribution in [2.45, 2.75) is 20.5 Å². The number of hydrogen-bond donors (Lipinski definition) is 1. The van der Waals surface area contributed by atoms with E-state index in [1.807, 2.05) is 18.2 Å². The zero-order valence-electron chi connectivity index (χ0n) is 21.1. The number of aryl methyl sites for hydroxylation is 2. The highest BCUT2D eigenvalue weighted by atomic mass is 127. The number of hydrogen-bond acceptors (Lipinski definition) is 6. The van der Waals surface area contributed by atoms with Gasteiger partial charge in [-0.05, 0) is 76.9 Å². The summed E-state index contributed by atoms with van der Waals surface area (Å²) in [6.45, 7) is 4.50. The van der Waals surface area contributed by atoms with Crippen molar-refractivity contribution in [2.24, 2.45) is 0 Å². The van der Waals surface area contributed by atoms with Gasteiger partial charge in [-0.3, -0.25) is 4.79 Å². The Bertz CT molecular complexity index is 1400. The van der Waals surface area contributed by atoms with E-state index in [9.17, 15) is 10.1 Å². The maximum Gasteiger partial charge on any atom is 0.266 e. The number of nitrogens with zero attached hydrogens (tertiary/aromatic N) is 1. The van der Waals surface area contributed by atoms with Gasteiger partial charge in [0, 0.05) is 12.1 Å². The minimum absolute atomic E-state index is 0.113. The van der Waals surface area contributed by atoms with Crippen LogP contribution in [-0.4, -0.2) is 27.2 Å². The van der Waals surface area contributed by atoms with Crippen LogP contribution in [0.25, 0.3) is 6.08 Å². The lowest BCUT2D eigenvalue weighted by Gasteiger charge is -2.15. The van der Waals surface area contributed by atoms with Gasteiger partial charge < -0.3 is 24.3 Å². The Hall–Kier alpha value is -3.42. The first-order valence-electron chi connectivity index (χ1n) is 11.1. The molecular weight excluding hydrogens is 607 g/mol. The van der Waals surface area contributed by atoms with Crippen molar-refractivity contribution < 1.29 is 23.7 Å². The summed E-state index contributed by atoms with van der Waals surface area (Å²) in [7, 11) is 4.46. The number of carbonyl (C=O) groups excluding carboxylic acids is 1. The first-order chi connectivity index (χ1) is 17.7. The fourth-order valence-electron chi connectivity index (χ4n) is 3.48. The monoisotopic (exact) mass is 632 g/mol. The Kier molecular flexibility index (Phi) is 9.66. The summed E-state index contributed by atoms with van der Waals surface area (Å²) < 4.78 is 22.9. The molecule has 3 rings (SSSR count). The summed E-state index contributed by atoms with van der Waals surface area (Å²) in [6, 6.07) is 14.7. The molecule has 0 bridgehead atoms. The van der Waals surface area contributed by atoms with Gasteiger partial charge in [-0.15, -0.1) is 0 Å². The third-order valence-corrected chi connectivity index (χ3v) is 6.70. The fraction of sp³-hybridized carbons (Fsp3) is 0.214. The first-order valence-corrected chi connectivity index (χ1v) is 12.6. The first kappa shape index (κ1) is 28.2. The molecule has 37 heavy (non-hydrogen) atoms. The standard InChI is InChI=1S/C28H26ClIN2O5/c1-16-6-7-18(8-17(16)2)15-37-27-22(30)10-19(11-26(27)36-5)9-20(14-31)28(33)32-23-13-24(34-3)21(29)12-25(23)35-4/h6-13H,15H2,1-5H3,(H,32,33)/b20-9+. The van der Waals surface area contributed by atoms with Crippen molar-refractivity contribution in [3.63, 3.8) is 0 Å². The highest BCUT2D eigenvalue weighted by molar-refractivity contribution is 14.1. The predicted molar refractivity (Wildman–Crippen MR) is 153 cm³/mol. The number of halogens is 2. The van der Waals surface area contributed by atoms with E-state index in [4.69, 9.17) is 30.5 Å². The molecule has 0 radical (unpaired) electrons. The molecule has 0 saturated carbocycles. The average molecular weight is 633 g/mol. The second-order valence-electron chi connectivity index (χ2n) is 8.05. The summed E-state index contributed by atoms with van der Waals surface area (Å²) in [4.78, 5) is 12.9. The summed E-state index contributed by atoms with van der Waals surface area (Å²) in [5.41, 5.74) is 4.27. The Balaban J connectivity index is 1.86. The second-order valence-corrected chi connectivity index (χ2v) is 9.62. The van der Waals surface area contributed by atoms with Crippen molar-refractivity contribution >= 4 is 51.9 Å². The molecule has 0 fully saturated rings. The number of amides is 1. The molecule has 7 nitrogen and oxygen atoms in total. The van der Waals surface area contributed by atoms with Crippen LogP contribution in [0.5, 0.6) is 23.0 Å². The minimum atomic E-state index is -0.616. The molecule has 0 saturated heterocycles. The van der Waals surface area contributed by atoms with E-state index >= 15 is 0 Å². The van der Waals surface area contributed by atoms with E-state index in [0.29, 0.717) is 45.9 Å². The number of anilines is 1. The molecule has 0 spiro atoms. The summed E-state index contributed by atoms with van der Waals surface area (Å²) >= 11 is 8.28. The molecule has 0 aliphatic heterocycles. The molecule has 1 N–H and O–H groups in total. The molecule has 0 aliphatic rings. The van der Waals surface area contributed by atoms with Gasteiger partial charge in [0.05, 0.1) is 35.6 Å². The van der Waals surface area contributed by atoms with Crippen LogP contribution in [0.15, 0.2) is 48.0 Å². The van der Waals surface area contributed by atoms with E-state index in [0.717, 1.165) is 9.13 Å². The number of benzene rings is 3. The van der Waals surface area contributed by atoms with E-state index in [1.54, 1.807) is 13.2 Å². The van der Waals surface area contributed by atoms with Gasteiger partial charge in [-0.25, -0.2) is 0 Å². The lowest BCUT2D eigenvalue weighted by Crippen LogP contribution is -2.14. The number of ether oxygens (including phenoxy) is 4. The molecule has 0 unspecified atom stereocenters. The minimum Gasteiger partial charge on any atom is -0.495 e. The highest BCUT2D eigenvalue weighted by Crippen LogP contribution is 2.37. The van der Waals surface area contributed by atoms with Crippen LogP contribution >= 0.6 is 34.2 Å². The zero-order chi connectivity index (χ0) is 27.1. The lowest BCUT2D eigenvalue weighted by atomic mass is 10.1. The van der Waals surface area contributed by atoms with E-state index in [2.05, 4.69) is 53.9 Å². The van der Waals surface area contributed by atoms with Crippen molar-refractivity contribution in [1.82, 2.24) is 0 Å². The van der Waals surface area contributed by atoms with Crippen molar-refractivity contribution in [3.8, 4) is 29.1 Å². The van der Waals surface area contributed by atoms with Crippen molar-refractivity contribution in [3.05, 3.63) is 78.9 Å². The fourth-order valence-corrected chi connectivity index (χ4v) is 4.49. The van der Waals surface area contributed by atoms with Gasteiger partial charge in [-0.2, -0.15) is 5.26 Å². The van der Waals surface area contributed by atoms with Crippen LogP contribution in [0, 0.1) is 28.7 Å². The van der Waals surface area contributed by atoms with Crippen molar-refractivity contribution in [2.75, 3.05) is 26.6 Å². The van der Waals surface area contributed by atoms with Crippen LogP contribution < -0.4 is 24.3 Å². The topological polar surface area (TPSA) is 89.8 Å². The molecule has 1 amide bonds. The van der Waals surface area contributed by atoms with Crippen LogP contribution in [0.1, 0.15) is 22.3 Å². The van der Waals surface area contributed by atoms with Gasteiger partial charge in [0.2, 0.25) is 0 Å². The van der Waals surface area contributed by atoms with Gasteiger partial charge in [-0.1, -0.05) is 29.8 Å². The van der Waals surface area contributed by atoms with Gasteiger partial charge >= 0.3 is 0 Å². The summed E-state index contributed by atoms with van der Waals surface area (Å²) in [5, 5.41) is 12.7. The largest absolute Gasteiger partial charge is 0.495 e. The van der Waals surface area contributed by atoms with Crippen LogP contribution in [0.3, 0.4) is 0 Å². The molecule has 9 heteroatoms. The normalized spacial score (nSPS) is 10.9. The number of nitrogens with one attached hydrogen (secondary N) is 1. The zero-order valence-corrected chi connectivity index (χ0v) is 24.0. The summed E-state index contributed by atoms with van der Waals surface area (Å²) in [6.07, 6.45) is 1.48. The average Bonchev–Trinajstić information content (AvgIpc) is 2.88. The quantitative estimate of drug-likeness (QED) is 0.160. The number of rotatable bonds is 9. The maximum absolute atomic E-state index is 12.9. The molecule has 0 atom stereocenters. The Morgan fingerprint density at radius 3 is 2.32 bits per heavy atom. The number of nitriles is 1. The van der Waals surface area contributed by atoms with Gasteiger partial charge in [0.1, 0.15) is 29.7 Å². The Labute approximate surface area is 235 Å². The molecule has 192 valence electrons. The number of methoxy groups -OCH3 is 3. The van der Waals surface area contributed by atoms with Crippen LogP contribution in [0.2, 0.25) is 5.02 Å². The maximum atomic E-state index is 12.9. The van der Waals surface area contributed by atoms with E-state index in [1.165, 1.54) is 43.6 Å². The van der Waals surface area contributed by atoms with Gasteiger partial charge in [0.15, 0.2) is 11.5 Å². The second kappa shape index (κ2) is 12.7. The van der Waals surface area contributed by atoms with Crippen molar-refractivity contribution in [1.29, 1.82) is 5.26 Å². The molecule has 3 aromatic rings. The molecule has 0 aliphatic carbocycles. The summed E-state index contributed by atoms with van der Waals surface area (Å²) in [5.74, 6) is 1.14. The predicted octanol–water partition coefficient (Wildman–Crippen LogP) is 6.71. The highest BCUT2D eigenvalue weighted by Gasteiger charge is 2.17. The Morgan fingerprint density at radius 2 is 1.70 bits per heavy atom. The SMILES string of the molecule is COc1cc(NC(=O)/C(C#N)=C/c2cc(I)c(OCc3ccc(C)c(C)c3)c(OC)c2)c(OC)cc1Cl. The number of carbonyl (C=O) groups is 1. The lowest BCUT2D eigenvalue weighted by molar-refractivity contribution is -0.112. The third-order valence-electron chi connectivity index (χ3n) is 5.60. The molecule has 0 aromatic heterocycles.